The number of hydrogen-bond donors (Lipinski definition) is 0. The summed E-state index contributed by atoms with van der Waals surface area (Å²) in [4.78, 5) is 8.93. The lowest BCUT2D eigenvalue weighted by atomic mass is 9.81. The lowest BCUT2D eigenvalue weighted by Crippen LogP contribution is -2.41. The van der Waals surface area contributed by atoms with E-state index in [1.807, 2.05) is 63.7 Å². The maximum absolute atomic E-state index is 6.08. The third kappa shape index (κ3) is 2.86. The smallest absolute Gasteiger partial charge is 0.478 e. The van der Waals surface area contributed by atoms with Gasteiger partial charge in [-0.1, -0.05) is 0 Å². The Hall–Kier alpha value is -1.86. The summed E-state index contributed by atoms with van der Waals surface area (Å²) in [7, 11) is -0.541. The van der Waals surface area contributed by atoms with Crippen molar-refractivity contribution in [3.05, 3.63) is 30.7 Å². The summed E-state index contributed by atoms with van der Waals surface area (Å²) in [5.74, 6) is 1.04. The van der Waals surface area contributed by atoms with Gasteiger partial charge in [0.05, 0.1) is 23.3 Å². The van der Waals surface area contributed by atoms with E-state index in [4.69, 9.17) is 14.0 Å². The standard InChI is InChI=1S/C16H22BN3O3/c1-6-21-13-12(17-22-15(2,3)16(4,5)23-17)11-18-14(19-13)20-9-7-8-10-20/h7-11H,6H2,1-5H3. The van der Waals surface area contributed by atoms with E-state index in [-0.39, 0.29) is 0 Å². The number of ether oxygens (including phenoxy) is 1. The molecule has 1 fully saturated rings. The molecule has 23 heavy (non-hydrogen) atoms. The maximum atomic E-state index is 6.08. The monoisotopic (exact) mass is 315 g/mol. The fourth-order valence-electron chi connectivity index (χ4n) is 2.34. The Balaban J connectivity index is 1.96. The third-order valence-corrected chi connectivity index (χ3v) is 4.39. The topological polar surface area (TPSA) is 58.4 Å². The van der Waals surface area contributed by atoms with Crippen molar-refractivity contribution in [3.8, 4) is 11.8 Å². The molecule has 3 rings (SSSR count). The average molecular weight is 315 g/mol. The van der Waals surface area contributed by atoms with Gasteiger partial charge in [0.1, 0.15) is 0 Å². The van der Waals surface area contributed by atoms with Gasteiger partial charge in [-0.25, -0.2) is 4.98 Å². The second kappa shape index (κ2) is 5.65. The number of rotatable bonds is 4. The van der Waals surface area contributed by atoms with Crippen molar-refractivity contribution >= 4 is 12.6 Å². The largest absolute Gasteiger partial charge is 0.502 e. The van der Waals surface area contributed by atoms with E-state index >= 15 is 0 Å². The second-order valence-electron chi connectivity index (χ2n) is 6.54. The molecule has 6 nitrogen and oxygen atoms in total. The van der Waals surface area contributed by atoms with Crippen molar-refractivity contribution in [2.75, 3.05) is 6.61 Å². The summed E-state index contributed by atoms with van der Waals surface area (Å²) in [6, 6.07) is 3.84. The van der Waals surface area contributed by atoms with Gasteiger partial charge >= 0.3 is 7.12 Å². The van der Waals surface area contributed by atoms with Crippen LogP contribution in [0, 0.1) is 0 Å². The van der Waals surface area contributed by atoms with E-state index in [0.29, 0.717) is 23.9 Å². The van der Waals surface area contributed by atoms with E-state index < -0.39 is 18.3 Å². The Morgan fingerprint density at radius 2 is 1.74 bits per heavy atom. The molecule has 0 amide bonds. The van der Waals surface area contributed by atoms with Crippen LogP contribution < -0.4 is 10.2 Å². The summed E-state index contributed by atoms with van der Waals surface area (Å²) < 4.78 is 19.7. The molecule has 0 aromatic carbocycles. The van der Waals surface area contributed by atoms with Gasteiger partial charge in [-0.15, -0.1) is 0 Å². The number of aromatic nitrogens is 3. The molecule has 1 aliphatic heterocycles. The molecule has 0 saturated carbocycles. The summed E-state index contributed by atoms with van der Waals surface area (Å²) in [6.07, 6.45) is 5.49. The van der Waals surface area contributed by atoms with E-state index in [2.05, 4.69) is 9.97 Å². The van der Waals surface area contributed by atoms with E-state index in [1.165, 1.54) is 0 Å². The molecule has 0 spiro atoms. The van der Waals surface area contributed by atoms with Crippen LogP contribution in [-0.4, -0.2) is 39.5 Å². The van der Waals surface area contributed by atoms with Gasteiger partial charge < -0.3 is 14.0 Å². The molecule has 0 bridgehead atoms. The lowest BCUT2D eigenvalue weighted by Gasteiger charge is -2.32. The van der Waals surface area contributed by atoms with Crippen LogP contribution in [0.3, 0.4) is 0 Å². The highest BCUT2D eigenvalue weighted by molar-refractivity contribution is 6.63. The Morgan fingerprint density at radius 3 is 2.30 bits per heavy atom. The average Bonchev–Trinajstić information content (AvgIpc) is 3.06. The summed E-state index contributed by atoms with van der Waals surface area (Å²) in [6.45, 7) is 10.5. The van der Waals surface area contributed by atoms with Crippen molar-refractivity contribution in [1.82, 2.24) is 14.5 Å². The fourth-order valence-corrected chi connectivity index (χ4v) is 2.34. The Labute approximate surface area is 136 Å². The summed E-state index contributed by atoms with van der Waals surface area (Å²) in [5, 5.41) is 0. The van der Waals surface area contributed by atoms with Crippen LogP contribution in [0.2, 0.25) is 0 Å². The first-order valence-corrected chi connectivity index (χ1v) is 7.83. The number of nitrogens with zero attached hydrogens (tertiary/aromatic N) is 3. The lowest BCUT2D eigenvalue weighted by molar-refractivity contribution is 0.00578. The zero-order valence-electron chi connectivity index (χ0n) is 14.2. The predicted octanol–water partition coefficient (Wildman–Crippen LogP) is 1.97. The van der Waals surface area contributed by atoms with Crippen LogP contribution in [0.4, 0.5) is 0 Å². The quantitative estimate of drug-likeness (QED) is 0.807. The molecule has 122 valence electrons. The minimum atomic E-state index is -0.541. The summed E-state index contributed by atoms with van der Waals surface area (Å²) >= 11 is 0. The third-order valence-electron chi connectivity index (χ3n) is 4.39. The van der Waals surface area contributed by atoms with Crippen LogP contribution in [0.1, 0.15) is 34.6 Å². The Kier molecular flexibility index (Phi) is 3.94. The molecular weight excluding hydrogens is 293 g/mol. The van der Waals surface area contributed by atoms with Crippen molar-refractivity contribution in [3.63, 3.8) is 0 Å². The molecule has 0 N–H and O–H groups in total. The SMILES string of the molecule is CCOc1nc(-n2cccc2)ncc1B1OC(C)(C)C(C)(C)O1. The van der Waals surface area contributed by atoms with Gasteiger partial charge in [0.25, 0.3) is 0 Å². The van der Waals surface area contributed by atoms with Crippen LogP contribution in [0.15, 0.2) is 30.7 Å². The van der Waals surface area contributed by atoms with Crippen molar-refractivity contribution in [2.45, 2.75) is 45.8 Å². The van der Waals surface area contributed by atoms with Gasteiger partial charge in [0.15, 0.2) is 0 Å². The van der Waals surface area contributed by atoms with Crippen LogP contribution in [0.25, 0.3) is 5.95 Å². The molecule has 1 saturated heterocycles. The van der Waals surface area contributed by atoms with Gasteiger partial charge in [-0.05, 0) is 46.8 Å². The minimum absolute atomic E-state index is 0.416. The Bertz CT molecular complexity index is 670. The number of hydrogen-bond acceptors (Lipinski definition) is 5. The van der Waals surface area contributed by atoms with Crippen LogP contribution in [0.5, 0.6) is 5.88 Å². The molecule has 2 aromatic rings. The second-order valence-corrected chi connectivity index (χ2v) is 6.54. The molecule has 3 heterocycles. The highest BCUT2D eigenvalue weighted by Gasteiger charge is 2.53. The minimum Gasteiger partial charge on any atom is -0.478 e. The first kappa shape index (κ1) is 16.0. The van der Waals surface area contributed by atoms with Crippen LogP contribution >= 0.6 is 0 Å². The van der Waals surface area contributed by atoms with E-state index in [0.717, 1.165) is 0 Å². The molecule has 0 unspecified atom stereocenters. The zero-order chi connectivity index (χ0) is 16.7. The van der Waals surface area contributed by atoms with Gasteiger partial charge in [0.2, 0.25) is 11.8 Å². The van der Waals surface area contributed by atoms with Crippen molar-refractivity contribution in [2.24, 2.45) is 0 Å². The van der Waals surface area contributed by atoms with Crippen molar-refractivity contribution in [1.29, 1.82) is 0 Å². The first-order valence-electron chi connectivity index (χ1n) is 7.83. The van der Waals surface area contributed by atoms with Gasteiger partial charge in [0, 0.05) is 18.6 Å². The molecule has 2 aromatic heterocycles. The van der Waals surface area contributed by atoms with Crippen molar-refractivity contribution < 1.29 is 14.0 Å². The van der Waals surface area contributed by atoms with Gasteiger partial charge in [-0.2, -0.15) is 4.98 Å². The van der Waals surface area contributed by atoms with E-state index in [9.17, 15) is 0 Å². The fraction of sp³-hybridized carbons (Fsp3) is 0.500. The molecular formula is C16H22BN3O3. The molecule has 0 atom stereocenters. The Morgan fingerprint density at radius 1 is 1.13 bits per heavy atom. The molecule has 1 aliphatic rings. The molecule has 0 radical (unpaired) electrons. The summed E-state index contributed by atoms with van der Waals surface area (Å²) in [5.41, 5.74) is -0.123. The molecule has 0 aliphatic carbocycles. The first-order chi connectivity index (χ1) is 10.8. The predicted molar refractivity (Wildman–Crippen MR) is 88.2 cm³/mol. The highest BCUT2D eigenvalue weighted by Crippen LogP contribution is 2.37. The van der Waals surface area contributed by atoms with E-state index in [1.54, 1.807) is 6.20 Å². The maximum Gasteiger partial charge on any atom is 0.502 e. The highest BCUT2D eigenvalue weighted by atomic mass is 16.7. The normalized spacial score (nSPS) is 19.1. The zero-order valence-corrected chi connectivity index (χ0v) is 14.2. The van der Waals surface area contributed by atoms with Gasteiger partial charge in [-0.3, -0.25) is 4.57 Å². The van der Waals surface area contributed by atoms with Crippen LogP contribution in [-0.2, 0) is 9.31 Å². The molecule has 7 heteroatoms.